The van der Waals surface area contributed by atoms with Crippen molar-refractivity contribution in [3.05, 3.63) is 57.5 Å². The number of likely N-dealkylation sites (tertiary alicyclic amines) is 1. The first kappa shape index (κ1) is 20.5. The number of aryl methyl sites for hydroxylation is 1. The van der Waals surface area contributed by atoms with Gasteiger partial charge < -0.3 is 15.0 Å². The van der Waals surface area contributed by atoms with Gasteiger partial charge in [0.25, 0.3) is 5.56 Å². The maximum absolute atomic E-state index is 12.6. The van der Waals surface area contributed by atoms with E-state index in [1.165, 1.54) is 11.8 Å². The fraction of sp³-hybridized carbons (Fsp3) is 0.429. The first-order valence-corrected chi connectivity index (χ1v) is 10.9. The van der Waals surface area contributed by atoms with E-state index in [2.05, 4.69) is 10.3 Å². The molecule has 1 atom stereocenters. The number of hydrogen-bond donors (Lipinski definition) is 1. The Hall–Kier alpha value is -2.81. The minimum absolute atomic E-state index is 0.0192. The molecule has 9 heteroatoms. The van der Waals surface area contributed by atoms with Crippen LogP contribution >= 0.6 is 11.8 Å². The van der Waals surface area contributed by atoms with E-state index in [9.17, 15) is 14.4 Å². The Morgan fingerprint density at radius 1 is 1.23 bits per heavy atom. The van der Waals surface area contributed by atoms with E-state index >= 15 is 0 Å². The Labute approximate surface area is 178 Å². The molecule has 158 valence electrons. The number of rotatable bonds is 5. The molecule has 0 bridgehead atoms. The summed E-state index contributed by atoms with van der Waals surface area (Å²) in [5.74, 6) is 0.646. The van der Waals surface area contributed by atoms with Gasteiger partial charge in [-0.15, -0.1) is 0 Å². The lowest BCUT2D eigenvalue weighted by Gasteiger charge is -2.39. The topological polar surface area (TPSA) is 93.5 Å². The van der Waals surface area contributed by atoms with Crippen molar-refractivity contribution in [3.8, 4) is 0 Å². The molecule has 30 heavy (non-hydrogen) atoms. The van der Waals surface area contributed by atoms with Gasteiger partial charge >= 0.3 is 6.09 Å². The summed E-state index contributed by atoms with van der Waals surface area (Å²) in [4.78, 5) is 43.3. The fourth-order valence-electron chi connectivity index (χ4n) is 3.56. The van der Waals surface area contributed by atoms with E-state index < -0.39 is 6.09 Å². The van der Waals surface area contributed by atoms with Gasteiger partial charge in [0.2, 0.25) is 5.91 Å². The van der Waals surface area contributed by atoms with E-state index in [0.29, 0.717) is 29.6 Å². The van der Waals surface area contributed by atoms with Crippen LogP contribution in [0.3, 0.4) is 0 Å². The summed E-state index contributed by atoms with van der Waals surface area (Å²) < 4.78 is 6.86. The molecular weight excluding hydrogens is 404 g/mol. The van der Waals surface area contributed by atoms with Crippen LogP contribution in [0.1, 0.15) is 29.3 Å². The van der Waals surface area contributed by atoms with Gasteiger partial charge in [-0.1, -0.05) is 42.1 Å². The lowest BCUT2D eigenvalue weighted by Crippen LogP contribution is -2.61. The average molecular weight is 429 g/mol. The summed E-state index contributed by atoms with van der Waals surface area (Å²) >= 11 is 1.51. The first-order chi connectivity index (χ1) is 14.4. The minimum atomic E-state index is -0.486. The van der Waals surface area contributed by atoms with Gasteiger partial charge in [0.1, 0.15) is 6.61 Å². The molecule has 1 aromatic carbocycles. The highest BCUT2D eigenvalue weighted by molar-refractivity contribution is 7.99. The Kier molecular flexibility index (Phi) is 5.80. The Balaban J connectivity index is 1.24. The maximum Gasteiger partial charge on any atom is 0.407 e. The van der Waals surface area contributed by atoms with Crippen molar-refractivity contribution >= 4 is 23.8 Å². The molecule has 1 saturated heterocycles. The molecule has 2 aliphatic heterocycles. The molecule has 2 aliphatic rings. The van der Waals surface area contributed by atoms with Crippen molar-refractivity contribution in [1.82, 2.24) is 19.8 Å². The van der Waals surface area contributed by atoms with Crippen LogP contribution in [0, 0.1) is 13.8 Å². The number of alkyl carbamates (subject to hydrolysis) is 1. The fourth-order valence-corrected chi connectivity index (χ4v) is 4.74. The number of hydrogen-bond acceptors (Lipinski definition) is 6. The minimum Gasteiger partial charge on any atom is -0.445 e. The van der Waals surface area contributed by atoms with Crippen molar-refractivity contribution in [2.45, 2.75) is 44.1 Å². The summed E-state index contributed by atoms with van der Waals surface area (Å²) in [5.41, 5.74) is 2.22. The predicted octanol–water partition coefficient (Wildman–Crippen LogP) is 2.03. The van der Waals surface area contributed by atoms with E-state index in [1.54, 1.807) is 16.4 Å². The summed E-state index contributed by atoms with van der Waals surface area (Å²) in [6.07, 6.45) is -0.226. The van der Waals surface area contributed by atoms with Crippen molar-refractivity contribution in [1.29, 1.82) is 0 Å². The van der Waals surface area contributed by atoms with E-state index in [0.717, 1.165) is 11.3 Å². The second-order valence-corrected chi connectivity index (χ2v) is 8.64. The Morgan fingerprint density at radius 3 is 2.70 bits per heavy atom. The molecule has 1 unspecified atom stereocenters. The zero-order valence-corrected chi connectivity index (χ0v) is 17.8. The van der Waals surface area contributed by atoms with Crippen molar-refractivity contribution in [2.75, 3.05) is 18.8 Å². The standard InChI is InChI=1S/C21H24N4O4S/c1-13-14(2)22-20-25(19(13)27)17(12-30-20)8-18(26)24-9-16(10-24)23-21(28)29-11-15-6-4-3-5-7-15/h3-7,16-17H,8-12H2,1-2H3,(H,23,28). The molecule has 1 aromatic heterocycles. The molecule has 3 heterocycles. The van der Waals surface area contributed by atoms with E-state index in [1.807, 2.05) is 37.3 Å². The summed E-state index contributed by atoms with van der Waals surface area (Å²) in [6, 6.07) is 9.16. The molecule has 1 N–H and O–H groups in total. The number of aromatic nitrogens is 2. The van der Waals surface area contributed by atoms with E-state index in [-0.39, 0.29) is 36.6 Å². The number of nitrogens with one attached hydrogen (secondary N) is 1. The highest BCUT2D eigenvalue weighted by Crippen LogP contribution is 2.33. The van der Waals surface area contributed by atoms with Crippen LogP contribution in [-0.4, -0.2) is 51.3 Å². The molecule has 2 amide bonds. The number of thioether (sulfide) groups is 1. The van der Waals surface area contributed by atoms with Gasteiger partial charge in [0, 0.05) is 36.5 Å². The van der Waals surface area contributed by atoms with Gasteiger partial charge in [-0.05, 0) is 19.4 Å². The third-order valence-electron chi connectivity index (χ3n) is 5.50. The largest absolute Gasteiger partial charge is 0.445 e. The molecule has 0 radical (unpaired) electrons. The highest BCUT2D eigenvalue weighted by atomic mass is 32.2. The third-order valence-corrected chi connectivity index (χ3v) is 6.60. The molecular formula is C21H24N4O4S. The first-order valence-electron chi connectivity index (χ1n) is 9.90. The van der Waals surface area contributed by atoms with Crippen molar-refractivity contribution in [3.63, 3.8) is 0 Å². The Bertz CT molecular complexity index is 1020. The highest BCUT2D eigenvalue weighted by Gasteiger charge is 2.35. The van der Waals surface area contributed by atoms with Crippen molar-refractivity contribution < 1.29 is 14.3 Å². The molecule has 2 aromatic rings. The van der Waals surface area contributed by atoms with Crippen LogP contribution in [0.4, 0.5) is 4.79 Å². The van der Waals surface area contributed by atoms with Gasteiger partial charge in [0.15, 0.2) is 5.16 Å². The van der Waals surface area contributed by atoms with Crippen molar-refractivity contribution in [2.24, 2.45) is 0 Å². The van der Waals surface area contributed by atoms with Gasteiger partial charge in [-0.2, -0.15) is 0 Å². The number of amides is 2. The second kappa shape index (κ2) is 8.51. The SMILES string of the molecule is Cc1nc2n(c(=O)c1C)C(CC(=O)N1CC(NC(=O)OCc3ccccc3)C1)CS2. The number of ether oxygens (including phenoxy) is 1. The lowest BCUT2D eigenvalue weighted by atomic mass is 10.1. The van der Waals surface area contributed by atoms with Crippen LogP contribution in [0.15, 0.2) is 40.3 Å². The Morgan fingerprint density at radius 2 is 1.97 bits per heavy atom. The normalized spacial score (nSPS) is 17.9. The number of benzene rings is 1. The third kappa shape index (κ3) is 4.21. The van der Waals surface area contributed by atoms with Crippen LogP contribution < -0.4 is 10.9 Å². The predicted molar refractivity (Wildman–Crippen MR) is 112 cm³/mol. The number of carbonyl (C=O) groups is 2. The molecule has 4 rings (SSSR count). The zero-order valence-electron chi connectivity index (χ0n) is 17.0. The molecule has 8 nitrogen and oxygen atoms in total. The molecule has 0 spiro atoms. The molecule has 0 saturated carbocycles. The number of carbonyl (C=O) groups excluding carboxylic acids is 2. The zero-order chi connectivity index (χ0) is 21.3. The number of nitrogens with zero attached hydrogens (tertiary/aromatic N) is 3. The maximum atomic E-state index is 12.6. The van der Waals surface area contributed by atoms with Crippen LogP contribution in [0.5, 0.6) is 0 Å². The smallest absolute Gasteiger partial charge is 0.407 e. The van der Waals surface area contributed by atoms with Crippen LogP contribution in [0.25, 0.3) is 0 Å². The quantitative estimate of drug-likeness (QED) is 0.733. The second-order valence-electron chi connectivity index (χ2n) is 7.65. The van der Waals surface area contributed by atoms with Gasteiger partial charge in [-0.25, -0.2) is 9.78 Å². The average Bonchev–Trinajstić information content (AvgIpc) is 3.10. The van der Waals surface area contributed by atoms with E-state index in [4.69, 9.17) is 4.74 Å². The summed E-state index contributed by atoms with van der Waals surface area (Å²) in [5, 5.41) is 3.46. The summed E-state index contributed by atoms with van der Waals surface area (Å²) in [6.45, 7) is 4.71. The van der Waals surface area contributed by atoms with Crippen LogP contribution in [-0.2, 0) is 16.1 Å². The van der Waals surface area contributed by atoms with Gasteiger partial charge in [-0.3, -0.25) is 14.2 Å². The molecule has 0 aliphatic carbocycles. The number of fused-ring (bicyclic) bond motifs is 1. The summed E-state index contributed by atoms with van der Waals surface area (Å²) in [7, 11) is 0. The van der Waals surface area contributed by atoms with Crippen LogP contribution in [0.2, 0.25) is 0 Å². The lowest BCUT2D eigenvalue weighted by molar-refractivity contribution is -0.136. The molecule has 1 fully saturated rings. The van der Waals surface area contributed by atoms with Gasteiger partial charge in [0.05, 0.1) is 12.1 Å². The monoisotopic (exact) mass is 428 g/mol.